The maximum Gasteiger partial charge on any atom is 0.332 e. The number of hydrogen-bond donors (Lipinski definition) is 1. The van der Waals surface area contributed by atoms with Crippen molar-refractivity contribution in [2.75, 3.05) is 7.11 Å². The maximum absolute atomic E-state index is 10.3. The van der Waals surface area contributed by atoms with Crippen LogP contribution in [0.15, 0.2) is 0 Å². The number of carbonyl (C=O) groups is 1. The summed E-state index contributed by atoms with van der Waals surface area (Å²) in [5, 5.41) is 8.50. The highest BCUT2D eigenvalue weighted by Crippen LogP contribution is 2.06. The summed E-state index contributed by atoms with van der Waals surface area (Å²) in [6.07, 6.45) is -0.0637. The lowest BCUT2D eigenvalue weighted by Crippen LogP contribution is -2.23. The van der Waals surface area contributed by atoms with Crippen LogP contribution in [0.25, 0.3) is 0 Å². The van der Waals surface area contributed by atoms with Gasteiger partial charge in [-0.15, -0.1) is 0 Å². The minimum Gasteiger partial charge on any atom is -0.479 e. The van der Waals surface area contributed by atoms with E-state index in [4.69, 9.17) is 9.84 Å². The van der Waals surface area contributed by atoms with E-state index in [2.05, 4.69) is 0 Å². The molecule has 0 bridgehead atoms. The molecule has 1 N–H and O–H groups in total. The van der Waals surface area contributed by atoms with Crippen LogP contribution >= 0.6 is 0 Å². The van der Waals surface area contributed by atoms with Gasteiger partial charge in [0.05, 0.1) is 0 Å². The van der Waals surface area contributed by atoms with Gasteiger partial charge in [0, 0.05) is 7.11 Å². The summed E-state index contributed by atoms with van der Waals surface area (Å²) < 4.78 is 4.72. The number of rotatable bonds is 4. The van der Waals surface area contributed by atoms with Gasteiger partial charge in [-0.1, -0.05) is 13.8 Å². The minimum atomic E-state index is -0.879. The first-order valence-electron chi connectivity index (χ1n) is 3.33. The van der Waals surface area contributed by atoms with Gasteiger partial charge < -0.3 is 9.84 Å². The first kappa shape index (κ1) is 9.43. The predicted molar refractivity (Wildman–Crippen MR) is 37.9 cm³/mol. The standard InChI is InChI=1S/C7H14O3/c1-5(2)4-6(10-3)7(8)9/h5-6H,4H2,1-3H3,(H,8,9)/t6-/m1/s1. The van der Waals surface area contributed by atoms with Crippen LogP contribution in [0.4, 0.5) is 0 Å². The van der Waals surface area contributed by atoms with Gasteiger partial charge in [0.15, 0.2) is 6.10 Å². The van der Waals surface area contributed by atoms with Gasteiger partial charge >= 0.3 is 5.97 Å². The molecule has 0 amide bonds. The normalized spacial score (nSPS) is 13.6. The molecule has 0 saturated heterocycles. The van der Waals surface area contributed by atoms with Crippen LogP contribution in [0.3, 0.4) is 0 Å². The Morgan fingerprint density at radius 3 is 2.20 bits per heavy atom. The fourth-order valence-electron chi connectivity index (χ4n) is 0.726. The van der Waals surface area contributed by atoms with Crippen molar-refractivity contribution in [3.63, 3.8) is 0 Å². The lowest BCUT2D eigenvalue weighted by atomic mass is 10.1. The Bertz CT molecular complexity index is 109. The van der Waals surface area contributed by atoms with E-state index >= 15 is 0 Å². The SMILES string of the molecule is CO[C@H](CC(C)C)C(=O)O. The highest BCUT2D eigenvalue weighted by Gasteiger charge is 2.16. The second-order valence-corrected chi connectivity index (χ2v) is 2.69. The van der Waals surface area contributed by atoms with Crippen molar-refractivity contribution in [3.8, 4) is 0 Å². The highest BCUT2D eigenvalue weighted by atomic mass is 16.5. The molecule has 0 aromatic carbocycles. The van der Waals surface area contributed by atoms with Crippen LogP contribution in [0, 0.1) is 5.92 Å². The zero-order valence-corrected chi connectivity index (χ0v) is 6.63. The topological polar surface area (TPSA) is 46.5 Å². The van der Waals surface area contributed by atoms with Crippen LogP contribution in [0.5, 0.6) is 0 Å². The van der Waals surface area contributed by atoms with E-state index in [0.717, 1.165) is 0 Å². The van der Waals surface area contributed by atoms with Gasteiger partial charge in [-0.25, -0.2) is 4.79 Å². The molecule has 0 aliphatic heterocycles. The maximum atomic E-state index is 10.3. The average Bonchev–Trinajstić information content (AvgIpc) is 1.81. The first-order chi connectivity index (χ1) is 4.57. The summed E-state index contributed by atoms with van der Waals surface area (Å²) in [5.74, 6) is -0.516. The largest absolute Gasteiger partial charge is 0.479 e. The molecule has 1 atom stereocenters. The quantitative estimate of drug-likeness (QED) is 0.646. The summed E-state index contributed by atoms with van der Waals surface area (Å²) in [6.45, 7) is 3.93. The molecule has 0 aromatic heterocycles. The molecular weight excluding hydrogens is 132 g/mol. The fourth-order valence-corrected chi connectivity index (χ4v) is 0.726. The molecular formula is C7H14O3. The van der Waals surface area contributed by atoms with E-state index in [1.165, 1.54) is 7.11 Å². The first-order valence-corrected chi connectivity index (χ1v) is 3.33. The van der Waals surface area contributed by atoms with Crippen LogP contribution < -0.4 is 0 Å². The van der Waals surface area contributed by atoms with Crippen LogP contribution in [-0.4, -0.2) is 24.3 Å². The molecule has 0 aliphatic rings. The number of aliphatic carboxylic acids is 1. The van der Waals surface area contributed by atoms with Crippen LogP contribution in [-0.2, 0) is 9.53 Å². The smallest absolute Gasteiger partial charge is 0.332 e. The molecule has 0 unspecified atom stereocenters. The number of methoxy groups -OCH3 is 1. The molecule has 0 spiro atoms. The summed E-state index contributed by atoms with van der Waals surface area (Å²) in [7, 11) is 1.42. The van der Waals surface area contributed by atoms with Crippen molar-refractivity contribution in [1.29, 1.82) is 0 Å². The molecule has 0 aliphatic carbocycles. The Labute approximate surface area is 61.0 Å². The molecule has 0 radical (unpaired) electrons. The van der Waals surface area contributed by atoms with Crippen LogP contribution in [0.1, 0.15) is 20.3 Å². The molecule has 10 heavy (non-hydrogen) atoms. The van der Waals surface area contributed by atoms with Crippen molar-refractivity contribution in [1.82, 2.24) is 0 Å². The second kappa shape index (κ2) is 4.28. The van der Waals surface area contributed by atoms with Crippen LogP contribution in [0.2, 0.25) is 0 Å². The molecule has 0 aromatic rings. The van der Waals surface area contributed by atoms with Gasteiger partial charge in [0.1, 0.15) is 0 Å². The summed E-state index contributed by atoms with van der Waals surface area (Å²) in [4.78, 5) is 10.3. The molecule has 60 valence electrons. The second-order valence-electron chi connectivity index (χ2n) is 2.69. The molecule has 3 heteroatoms. The molecule has 0 fully saturated rings. The van der Waals surface area contributed by atoms with Crippen molar-refractivity contribution in [2.24, 2.45) is 5.92 Å². The van der Waals surface area contributed by atoms with E-state index < -0.39 is 12.1 Å². The van der Waals surface area contributed by atoms with E-state index in [1.54, 1.807) is 0 Å². The Kier molecular flexibility index (Phi) is 4.03. The molecule has 0 saturated carbocycles. The Morgan fingerprint density at radius 2 is 2.10 bits per heavy atom. The highest BCUT2D eigenvalue weighted by molar-refractivity contribution is 5.72. The molecule has 0 heterocycles. The summed E-state index contributed by atoms with van der Waals surface area (Å²) in [5.41, 5.74) is 0. The van der Waals surface area contributed by atoms with Crippen molar-refractivity contribution < 1.29 is 14.6 Å². The van der Waals surface area contributed by atoms with Gasteiger partial charge in [-0.3, -0.25) is 0 Å². The number of hydrogen-bond acceptors (Lipinski definition) is 2. The predicted octanol–water partition coefficient (Wildman–Crippen LogP) is 1.13. The van der Waals surface area contributed by atoms with E-state index in [9.17, 15) is 4.79 Å². The number of carboxylic acid groups (broad SMARTS) is 1. The summed E-state index contributed by atoms with van der Waals surface area (Å²) in [6, 6.07) is 0. The fraction of sp³-hybridized carbons (Fsp3) is 0.857. The monoisotopic (exact) mass is 146 g/mol. The Morgan fingerprint density at radius 1 is 1.60 bits per heavy atom. The Balaban J connectivity index is 3.72. The zero-order valence-electron chi connectivity index (χ0n) is 6.63. The van der Waals surface area contributed by atoms with E-state index in [1.807, 2.05) is 13.8 Å². The van der Waals surface area contributed by atoms with Crippen molar-refractivity contribution in [3.05, 3.63) is 0 Å². The van der Waals surface area contributed by atoms with Gasteiger partial charge in [0.25, 0.3) is 0 Å². The number of carboxylic acids is 1. The average molecular weight is 146 g/mol. The lowest BCUT2D eigenvalue weighted by molar-refractivity contribution is -0.149. The minimum absolute atomic E-state index is 0.362. The molecule has 3 nitrogen and oxygen atoms in total. The third kappa shape index (κ3) is 3.45. The third-order valence-corrected chi connectivity index (χ3v) is 1.25. The molecule has 0 rings (SSSR count). The van der Waals surface area contributed by atoms with Crippen molar-refractivity contribution in [2.45, 2.75) is 26.4 Å². The van der Waals surface area contributed by atoms with Gasteiger partial charge in [0.2, 0.25) is 0 Å². The Hall–Kier alpha value is -0.570. The van der Waals surface area contributed by atoms with Gasteiger partial charge in [-0.2, -0.15) is 0 Å². The lowest BCUT2D eigenvalue weighted by Gasteiger charge is -2.11. The van der Waals surface area contributed by atoms with E-state index in [0.29, 0.717) is 12.3 Å². The van der Waals surface area contributed by atoms with Gasteiger partial charge in [-0.05, 0) is 12.3 Å². The van der Waals surface area contributed by atoms with E-state index in [-0.39, 0.29) is 0 Å². The zero-order chi connectivity index (χ0) is 8.15. The van der Waals surface area contributed by atoms with Crippen molar-refractivity contribution >= 4 is 5.97 Å². The third-order valence-electron chi connectivity index (χ3n) is 1.25. The number of ether oxygens (including phenoxy) is 1. The summed E-state index contributed by atoms with van der Waals surface area (Å²) >= 11 is 0.